The van der Waals surface area contributed by atoms with E-state index < -0.39 is 17.7 Å². The largest absolute Gasteiger partial charge is 0.496 e. The lowest BCUT2D eigenvalue weighted by Gasteiger charge is -2.19. The van der Waals surface area contributed by atoms with E-state index in [1.54, 1.807) is 7.05 Å². The molecule has 1 aromatic rings. The van der Waals surface area contributed by atoms with Gasteiger partial charge in [-0.3, -0.25) is 0 Å². The Morgan fingerprint density at radius 2 is 2.00 bits per heavy atom. The van der Waals surface area contributed by atoms with Crippen molar-refractivity contribution in [3.05, 3.63) is 45.6 Å². The van der Waals surface area contributed by atoms with Gasteiger partial charge in [-0.05, 0) is 25.3 Å². The topological polar surface area (TPSA) is 21.3 Å². The number of rotatable bonds is 3. The zero-order chi connectivity index (χ0) is 12.4. The van der Waals surface area contributed by atoms with Gasteiger partial charge >= 0.3 is 0 Å². The maximum Gasteiger partial charge on any atom is 0.132 e. The van der Waals surface area contributed by atoms with E-state index in [-0.39, 0.29) is 5.56 Å². The first-order valence-electron chi connectivity index (χ1n) is 5.28. The summed E-state index contributed by atoms with van der Waals surface area (Å²) in [5.41, 5.74) is -0.0103. The molecule has 0 fully saturated rings. The second kappa shape index (κ2) is 5.14. The Bertz CT molecular complexity index is 439. The van der Waals surface area contributed by atoms with Gasteiger partial charge in [0.2, 0.25) is 0 Å². The molecule has 1 aliphatic rings. The molecule has 0 aliphatic carbocycles. The molecule has 5 heteroatoms. The summed E-state index contributed by atoms with van der Waals surface area (Å²) in [6.07, 6.45) is 2.62. The first-order chi connectivity index (χ1) is 8.13. The molecule has 1 unspecified atom stereocenters. The summed E-state index contributed by atoms with van der Waals surface area (Å²) < 4.78 is 33.4. The molecule has 0 bridgehead atoms. The van der Waals surface area contributed by atoms with Gasteiger partial charge in [0.25, 0.3) is 0 Å². The third kappa shape index (κ3) is 2.50. The van der Waals surface area contributed by atoms with Crippen LogP contribution in [-0.4, -0.2) is 13.7 Å². The quantitative estimate of drug-likeness (QED) is 0.925. The maximum atomic E-state index is 13.8. The molecule has 1 N–H and O–H groups in total. The van der Waals surface area contributed by atoms with Crippen molar-refractivity contribution in [2.75, 3.05) is 13.7 Å². The number of likely N-dealkylation sites (N-methyl/N-ethyl adjacent to an activating group) is 1. The third-order valence-electron chi connectivity index (χ3n) is 2.64. The fraction of sp³-hybridized carbons (Fsp3) is 0.333. The molecule has 2 nitrogen and oxygen atoms in total. The van der Waals surface area contributed by atoms with Crippen molar-refractivity contribution in [3.63, 3.8) is 0 Å². The SMILES string of the molecule is CNC(C1=CCCO1)c1c(F)cc(Br)cc1F. The van der Waals surface area contributed by atoms with Gasteiger partial charge in [-0.2, -0.15) is 0 Å². The standard InChI is InChI=1S/C12H12BrF2NO/c1-16-12(10-3-2-4-17-10)11-8(14)5-7(13)6-9(11)15/h3,5-6,12,16H,2,4H2,1H3. The molecule has 0 amide bonds. The Morgan fingerprint density at radius 3 is 2.47 bits per heavy atom. The highest BCUT2D eigenvalue weighted by molar-refractivity contribution is 9.10. The maximum absolute atomic E-state index is 13.8. The minimum absolute atomic E-state index is 0.0103. The van der Waals surface area contributed by atoms with Crippen molar-refractivity contribution < 1.29 is 13.5 Å². The highest BCUT2D eigenvalue weighted by atomic mass is 79.9. The van der Waals surface area contributed by atoms with Crippen LogP contribution in [0.3, 0.4) is 0 Å². The summed E-state index contributed by atoms with van der Waals surface area (Å²) in [6.45, 7) is 0.563. The van der Waals surface area contributed by atoms with Crippen molar-refractivity contribution in [3.8, 4) is 0 Å². The predicted molar refractivity (Wildman–Crippen MR) is 64.5 cm³/mol. The average molecular weight is 304 g/mol. The van der Waals surface area contributed by atoms with E-state index in [1.165, 1.54) is 12.1 Å². The molecule has 92 valence electrons. The zero-order valence-electron chi connectivity index (χ0n) is 9.27. The Kier molecular flexibility index (Phi) is 3.79. The number of hydrogen-bond acceptors (Lipinski definition) is 2. The van der Waals surface area contributed by atoms with E-state index in [1.807, 2.05) is 6.08 Å². The average Bonchev–Trinajstić information content (AvgIpc) is 2.76. The van der Waals surface area contributed by atoms with Gasteiger partial charge in [0.05, 0.1) is 12.6 Å². The van der Waals surface area contributed by atoms with E-state index in [2.05, 4.69) is 21.2 Å². The van der Waals surface area contributed by atoms with E-state index in [0.29, 0.717) is 16.8 Å². The summed E-state index contributed by atoms with van der Waals surface area (Å²) in [5, 5.41) is 2.87. The Balaban J connectivity index is 2.43. The van der Waals surface area contributed by atoms with Crippen molar-refractivity contribution >= 4 is 15.9 Å². The monoisotopic (exact) mass is 303 g/mol. The summed E-state index contributed by atoms with van der Waals surface area (Å²) >= 11 is 3.06. The van der Waals surface area contributed by atoms with Gasteiger partial charge < -0.3 is 10.1 Å². The smallest absolute Gasteiger partial charge is 0.132 e. The van der Waals surface area contributed by atoms with Crippen LogP contribution >= 0.6 is 15.9 Å². The first kappa shape index (κ1) is 12.5. The van der Waals surface area contributed by atoms with E-state index in [4.69, 9.17) is 4.74 Å². The summed E-state index contributed by atoms with van der Waals surface area (Å²) in [6, 6.07) is 1.92. The van der Waals surface area contributed by atoms with E-state index >= 15 is 0 Å². The highest BCUT2D eigenvalue weighted by Gasteiger charge is 2.25. The number of ether oxygens (including phenoxy) is 1. The molecule has 17 heavy (non-hydrogen) atoms. The van der Waals surface area contributed by atoms with Crippen LogP contribution in [0.25, 0.3) is 0 Å². The fourth-order valence-corrected chi connectivity index (χ4v) is 2.30. The minimum atomic E-state index is -0.590. The van der Waals surface area contributed by atoms with Gasteiger partial charge in [-0.25, -0.2) is 8.78 Å². The normalized spacial score (nSPS) is 16.6. The summed E-state index contributed by atoms with van der Waals surface area (Å²) in [4.78, 5) is 0. The molecule has 0 aromatic heterocycles. The van der Waals surface area contributed by atoms with Crippen LogP contribution in [0.5, 0.6) is 0 Å². The van der Waals surface area contributed by atoms with Crippen LogP contribution in [0.15, 0.2) is 28.4 Å². The van der Waals surface area contributed by atoms with Gasteiger partial charge in [-0.15, -0.1) is 0 Å². The Hall–Kier alpha value is -0.940. The molecule has 2 rings (SSSR count). The second-order valence-electron chi connectivity index (χ2n) is 3.75. The molecule has 0 radical (unpaired) electrons. The number of nitrogens with one attached hydrogen (secondary N) is 1. The zero-order valence-corrected chi connectivity index (χ0v) is 10.9. The second-order valence-corrected chi connectivity index (χ2v) is 4.66. The Labute approximate surface area is 107 Å². The minimum Gasteiger partial charge on any atom is -0.496 e. The van der Waals surface area contributed by atoms with Crippen LogP contribution in [0, 0.1) is 11.6 Å². The van der Waals surface area contributed by atoms with E-state index in [9.17, 15) is 8.78 Å². The first-order valence-corrected chi connectivity index (χ1v) is 6.07. The van der Waals surface area contributed by atoms with Crippen molar-refractivity contribution in [2.24, 2.45) is 0 Å². The van der Waals surface area contributed by atoms with Crippen LogP contribution in [-0.2, 0) is 4.74 Å². The van der Waals surface area contributed by atoms with Crippen LogP contribution in [0.2, 0.25) is 0 Å². The number of benzene rings is 1. The molecular weight excluding hydrogens is 292 g/mol. The molecule has 0 saturated heterocycles. The van der Waals surface area contributed by atoms with Gasteiger partial charge in [-0.1, -0.05) is 15.9 Å². The highest BCUT2D eigenvalue weighted by Crippen LogP contribution is 2.31. The lowest BCUT2D eigenvalue weighted by atomic mass is 10.0. The van der Waals surface area contributed by atoms with Crippen molar-refractivity contribution in [1.82, 2.24) is 5.32 Å². The molecule has 0 saturated carbocycles. The molecule has 0 spiro atoms. The Morgan fingerprint density at radius 1 is 1.35 bits per heavy atom. The number of halogens is 3. The van der Waals surface area contributed by atoms with E-state index in [0.717, 1.165) is 6.42 Å². The lowest BCUT2D eigenvalue weighted by Crippen LogP contribution is -2.21. The van der Waals surface area contributed by atoms with Gasteiger partial charge in [0.1, 0.15) is 17.4 Å². The van der Waals surface area contributed by atoms with Crippen LogP contribution < -0.4 is 5.32 Å². The molecule has 1 aliphatic heterocycles. The van der Waals surface area contributed by atoms with Gasteiger partial charge in [0, 0.05) is 16.5 Å². The number of hydrogen-bond donors (Lipinski definition) is 1. The molecular formula is C12H12BrF2NO. The van der Waals surface area contributed by atoms with Crippen molar-refractivity contribution in [1.29, 1.82) is 0 Å². The summed E-state index contributed by atoms with van der Waals surface area (Å²) in [5.74, 6) is -0.604. The van der Waals surface area contributed by atoms with Gasteiger partial charge in [0.15, 0.2) is 0 Å². The molecule has 1 atom stereocenters. The lowest BCUT2D eigenvalue weighted by molar-refractivity contribution is 0.215. The van der Waals surface area contributed by atoms with Crippen molar-refractivity contribution in [2.45, 2.75) is 12.5 Å². The summed E-state index contributed by atoms with van der Waals surface area (Å²) in [7, 11) is 1.65. The molecule has 1 aromatic carbocycles. The third-order valence-corrected chi connectivity index (χ3v) is 3.10. The van der Waals surface area contributed by atoms with Crippen LogP contribution in [0.1, 0.15) is 18.0 Å². The predicted octanol–water partition coefficient (Wildman–Crippen LogP) is 3.29. The fourth-order valence-electron chi connectivity index (χ4n) is 1.90. The molecule has 1 heterocycles. The van der Waals surface area contributed by atoms with Crippen LogP contribution in [0.4, 0.5) is 8.78 Å².